The van der Waals surface area contributed by atoms with Crippen LogP contribution in [-0.2, 0) is 0 Å². The maximum Gasteiger partial charge on any atom is 0.191 e. The third kappa shape index (κ3) is 2.63. The number of Topliss-reactive ketones (excluding diaryl/α,β-unsaturated/α-hetero) is 1. The van der Waals surface area contributed by atoms with Gasteiger partial charge in [-0.25, -0.2) is 4.98 Å². The molecule has 0 aliphatic carbocycles. The van der Waals surface area contributed by atoms with E-state index in [1.165, 1.54) is 0 Å². The molecule has 2 nitrogen and oxygen atoms in total. The second kappa shape index (κ2) is 5.37. The molecule has 0 N–H and O–H groups in total. The van der Waals surface area contributed by atoms with Crippen molar-refractivity contribution in [1.29, 1.82) is 0 Å². The van der Waals surface area contributed by atoms with Crippen LogP contribution in [0.1, 0.15) is 10.5 Å². The monoisotopic (exact) mass is 329 g/mol. The van der Waals surface area contributed by atoms with Crippen molar-refractivity contribution in [3.8, 4) is 0 Å². The molecular weight excluding hydrogens is 322 g/mol. The lowest BCUT2D eigenvalue weighted by molar-refractivity contribution is 0.101. The third-order valence-corrected chi connectivity index (χ3v) is 2.51. The van der Waals surface area contributed by atoms with Gasteiger partial charge < -0.3 is 0 Å². The van der Waals surface area contributed by atoms with Crippen LogP contribution in [0.5, 0.6) is 0 Å². The molecule has 0 saturated heterocycles. The second-order valence-corrected chi connectivity index (χ2v) is 3.51. The number of rotatable bonds is 2. The Bertz CT molecular complexity index is 485. The zero-order valence-electron chi connectivity index (χ0n) is 7.81. The normalized spacial score (nSPS) is 9.67. The number of ketones is 1. The van der Waals surface area contributed by atoms with Crippen LogP contribution in [0.2, 0.25) is 0 Å². The van der Waals surface area contributed by atoms with E-state index in [2.05, 4.69) is 20.9 Å². The highest BCUT2D eigenvalue weighted by molar-refractivity contribution is 9.09. The van der Waals surface area contributed by atoms with Crippen LogP contribution in [0.4, 0.5) is 0 Å². The van der Waals surface area contributed by atoms with Gasteiger partial charge in [0.1, 0.15) is 5.69 Å². The van der Waals surface area contributed by atoms with E-state index in [0.717, 1.165) is 10.9 Å². The molecule has 2 aromatic rings. The number of aromatic nitrogens is 1. The summed E-state index contributed by atoms with van der Waals surface area (Å²) in [7, 11) is 0. The summed E-state index contributed by atoms with van der Waals surface area (Å²) in [6.07, 6.45) is 0. The number of carbonyl (C=O) groups excluding carboxylic acids is 1. The molecule has 1 aromatic carbocycles. The van der Waals surface area contributed by atoms with Gasteiger partial charge >= 0.3 is 0 Å². The van der Waals surface area contributed by atoms with Crippen LogP contribution in [0.15, 0.2) is 36.4 Å². The van der Waals surface area contributed by atoms with Gasteiger partial charge in [-0.1, -0.05) is 40.2 Å². The zero-order valence-corrected chi connectivity index (χ0v) is 11.1. The average Bonchev–Trinajstić information content (AvgIpc) is 2.27. The molecule has 0 radical (unpaired) electrons. The molecule has 4 heteroatoms. The summed E-state index contributed by atoms with van der Waals surface area (Å²) in [5.74, 6) is 0.00996. The molecule has 1 aromatic heterocycles. The fourth-order valence-corrected chi connectivity index (χ4v) is 1.58. The number of hydrogen-bond acceptors (Lipinski definition) is 2. The Hall–Kier alpha value is -0.740. The fraction of sp³-hybridized carbons (Fsp3) is 0.0909. The lowest BCUT2D eigenvalue weighted by Crippen LogP contribution is -2.02. The molecule has 0 aliphatic rings. The molecule has 0 bridgehead atoms. The highest BCUT2D eigenvalue weighted by Gasteiger charge is 2.05. The van der Waals surface area contributed by atoms with Gasteiger partial charge in [-0.3, -0.25) is 4.79 Å². The Morgan fingerprint density at radius 1 is 1.20 bits per heavy atom. The number of nitrogens with zero attached hydrogens (tertiary/aromatic N) is 1. The standard InChI is InChI=1S/C11H8BrNO.BrH/c12-7-11(14)10-6-5-8-3-1-2-4-9(8)13-10;/h1-6H,7H2;1H. The van der Waals surface area contributed by atoms with Gasteiger partial charge in [0.25, 0.3) is 0 Å². The SMILES string of the molecule is Br.O=C(CBr)c1ccc2ccccc2n1. The van der Waals surface area contributed by atoms with E-state index in [0.29, 0.717) is 11.0 Å². The predicted molar refractivity (Wildman–Crippen MR) is 70.2 cm³/mol. The minimum atomic E-state index is 0. The molecule has 78 valence electrons. The highest BCUT2D eigenvalue weighted by atomic mass is 79.9. The number of hydrogen-bond donors (Lipinski definition) is 0. The molecular formula is C11H9Br2NO. The molecule has 0 amide bonds. The predicted octanol–water partition coefficient (Wildman–Crippen LogP) is 3.39. The Morgan fingerprint density at radius 3 is 2.67 bits per heavy atom. The summed E-state index contributed by atoms with van der Waals surface area (Å²) in [5, 5.41) is 1.37. The molecule has 1 heterocycles. The van der Waals surface area contributed by atoms with E-state index in [9.17, 15) is 4.79 Å². The quantitative estimate of drug-likeness (QED) is 0.624. The molecule has 0 unspecified atom stereocenters. The summed E-state index contributed by atoms with van der Waals surface area (Å²) in [6, 6.07) is 11.4. The summed E-state index contributed by atoms with van der Waals surface area (Å²) in [4.78, 5) is 15.6. The van der Waals surface area contributed by atoms with E-state index in [1.807, 2.05) is 30.3 Å². The Labute approximate surface area is 107 Å². The Kier molecular flexibility index (Phi) is 4.42. The van der Waals surface area contributed by atoms with Crippen LogP contribution in [0.25, 0.3) is 10.9 Å². The van der Waals surface area contributed by atoms with E-state index >= 15 is 0 Å². The van der Waals surface area contributed by atoms with E-state index in [4.69, 9.17) is 0 Å². The average molecular weight is 331 g/mol. The number of benzene rings is 1. The third-order valence-electron chi connectivity index (χ3n) is 2.01. The molecule has 2 rings (SSSR count). The molecule has 0 saturated carbocycles. The van der Waals surface area contributed by atoms with Crippen molar-refractivity contribution < 1.29 is 4.79 Å². The van der Waals surface area contributed by atoms with E-state index < -0.39 is 0 Å². The zero-order chi connectivity index (χ0) is 9.97. The number of carbonyl (C=O) groups is 1. The van der Waals surface area contributed by atoms with Crippen molar-refractivity contribution >= 4 is 49.6 Å². The summed E-state index contributed by atoms with van der Waals surface area (Å²) in [6.45, 7) is 0. The first-order valence-corrected chi connectivity index (χ1v) is 5.38. The van der Waals surface area contributed by atoms with Gasteiger partial charge in [-0.05, 0) is 12.1 Å². The molecule has 0 atom stereocenters. The van der Waals surface area contributed by atoms with Crippen molar-refractivity contribution in [2.45, 2.75) is 0 Å². The fourth-order valence-electron chi connectivity index (χ4n) is 1.29. The van der Waals surface area contributed by atoms with Gasteiger partial charge in [0.05, 0.1) is 10.8 Å². The maximum atomic E-state index is 11.3. The molecule has 0 spiro atoms. The van der Waals surface area contributed by atoms with Crippen molar-refractivity contribution in [2.75, 3.05) is 5.33 Å². The van der Waals surface area contributed by atoms with Crippen LogP contribution in [0.3, 0.4) is 0 Å². The van der Waals surface area contributed by atoms with Gasteiger partial charge in [0.15, 0.2) is 5.78 Å². The summed E-state index contributed by atoms with van der Waals surface area (Å²) < 4.78 is 0. The number of halogens is 2. The maximum absolute atomic E-state index is 11.3. The first-order valence-electron chi connectivity index (χ1n) is 4.26. The topological polar surface area (TPSA) is 30.0 Å². The summed E-state index contributed by atoms with van der Waals surface area (Å²) in [5.41, 5.74) is 1.37. The minimum Gasteiger partial charge on any atom is -0.291 e. The van der Waals surface area contributed by atoms with Crippen molar-refractivity contribution in [1.82, 2.24) is 4.98 Å². The van der Waals surface area contributed by atoms with Crippen LogP contribution >= 0.6 is 32.9 Å². The smallest absolute Gasteiger partial charge is 0.191 e. The van der Waals surface area contributed by atoms with Crippen LogP contribution in [0, 0.1) is 0 Å². The highest BCUT2D eigenvalue weighted by Crippen LogP contribution is 2.12. The van der Waals surface area contributed by atoms with Gasteiger partial charge in [-0.15, -0.1) is 17.0 Å². The van der Waals surface area contributed by atoms with Gasteiger partial charge in [-0.2, -0.15) is 0 Å². The molecule has 0 aliphatic heterocycles. The lowest BCUT2D eigenvalue weighted by Gasteiger charge is -1.99. The molecule has 0 fully saturated rings. The van der Waals surface area contributed by atoms with Crippen molar-refractivity contribution in [3.05, 3.63) is 42.1 Å². The number of fused-ring (bicyclic) bond motifs is 1. The largest absolute Gasteiger partial charge is 0.291 e. The first-order chi connectivity index (χ1) is 6.81. The number of pyridine rings is 1. The lowest BCUT2D eigenvalue weighted by atomic mass is 10.2. The summed E-state index contributed by atoms with van der Waals surface area (Å²) >= 11 is 3.13. The van der Waals surface area contributed by atoms with Gasteiger partial charge in [0, 0.05) is 5.39 Å². The van der Waals surface area contributed by atoms with E-state index in [-0.39, 0.29) is 22.8 Å². The first kappa shape index (κ1) is 12.3. The van der Waals surface area contributed by atoms with Crippen LogP contribution < -0.4 is 0 Å². The number of alkyl halides is 1. The van der Waals surface area contributed by atoms with Crippen LogP contribution in [-0.4, -0.2) is 16.1 Å². The molecule has 15 heavy (non-hydrogen) atoms. The Morgan fingerprint density at radius 2 is 1.93 bits per heavy atom. The second-order valence-electron chi connectivity index (χ2n) is 2.95. The van der Waals surface area contributed by atoms with Crippen molar-refractivity contribution in [2.24, 2.45) is 0 Å². The van der Waals surface area contributed by atoms with Crippen molar-refractivity contribution in [3.63, 3.8) is 0 Å². The van der Waals surface area contributed by atoms with E-state index in [1.54, 1.807) is 6.07 Å². The van der Waals surface area contributed by atoms with Gasteiger partial charge in [0.2, 0.25) is 0 Å². The number of para-hydroxylation sites is 1. The Balaban J connectivity index is 0.00000112. The minimum absolute atomic E-state index is 0.